The van der Waals surface area contributed by atoms with Gasteiger partial charge in [-0.25, -0.2) is 0 Å². The van der Waals surface area contributed by atoms with E-state index < -0.39 is 0 Å². The van der Waals surface area contributed by atoms with Crippen molar-refractivity contribution in [1.29, 1.82) is 0 Å². The Morgan fingerprint density at radius 2 is 2.08 bits per heavy atom. The van der Waals surface area contributed by atoms with Crippen LogP contribution in [0.15, 0.2) is 0 Å². The Balaban J connectivity index is 2.40. The summed E-state index contributed by atoms with van der Waals surface area (Å²) in [6.45, 7) is 6.84. The molecule has 0 amide bonds. The van der Waals surface area contributed by atoms with Gasteiger partial charge in [-0.05, 0) is 24.2 Å². The molecule has 0 bridgehead atoms. The summed E-state index contributed by atoms with van der Waals surface area (Å²) < 4.78 is 0. The maximum absolute atomic E-state index is 5.61. The number of hydrazine groups is 1. The molecule has 1 rings (SSSR count). The lowest BCUT2D eigenvalue weighted by molar-refractivity contribution is 0.164. The van der Waals surface area contributed by atoms with Crippen LogP contribution in [0, 0.1) is 11.3 Å². The third-order valence-corrected chi connectivity index (χ3v) is 3.85. The van der Waals surface area contributed by atoms with Gasteiger partial charge in [0.1, 0.15) is 0 Å². The molecule has 0 aromatic heterocycles. The van der Waals surface area contributed by atoms with E-state index in [1.165, 1.54) is 32.1 Å². The molecule has 2 heteroatoms. The molecule has 2 nitrogen and oxygen atoms in total. The second-order valence-corrected chi connectivity index (χ2v) is 5.09. The van der Waals surface area contributed by atoms with Crippen LogP contribution in [0.4, 0.5) is 0 Å². The number of rotatable bonds is 5. The van der Waals surface area contributed by atoms with E-state index in [9.17, 15) is 0 Å². The number of hydrogen-bond acceptors (Lipinski definition) is 2. The minimum Gasteiger partial charge on any atom is -0.271 e. The Kier molecular flexibility index (Phi) is 3.74. The van der Waals surface area contributed by atoms with Crippen LogP contribution in [0.25, 0.3) is 0 Å². The van der Waals surface area contributed by atoms with Gasteiger partial charge in [0.25, 0.3) is 0 Å². The van der Waals surface area contributed by atoms with Crippen molar-refractivity contribution in [2.75, 3.05) is 0 Å². The van der Waals surface area contributed by atoms with E-state index in [2.05, 4.69) is 26.2 Å². The van der Waals surface area contributed by atoms with Crippen molar-refractivity contribution in [3.63, 3.8) is 0 Å². The smallest absolute Gasteiger partial charge is 0.0264 e. The van der Waals surface area contributed by atoms with Gasteiger partial charge in [-0.2, -0.15) is 0 Å². The minimum atomic E-state index is 0.338. The highest BCUT2D eigenvalue weighted by Crippen LogP contribution is 2.36. The SMILES string of the molecule is CCC(C)(C)C(CC1CCC1)NN. The van der Waals surface area contributed by atoms with Crippen LogP contribution in [0.2, 0.25) is 0 Å². The van der Waals surface area contributed by atoms with E-state index in [0.717, 1.165) is 5.92 Å². The third-order valence-electron chi connectivity index (χ3n) is 3.85. The van der Waals surface area contributed by atoms with Gasteiger partial charge in [-0.3, -0.25) is 11.3 Å². The summed E-state index contributed by atoms with van der Waals surface area (Å²) >= 11 is 0. The van der Waals surface area contributed by atoms with Crippen molar-refractivity contribution < 1.29 is 0 Å². The summed E-state index contributed by atoms with van der Waals surface area (Å²) in [4.78, 5) is 0. The quantitative estimate of drug-likeness (QED) is 0.509. The van der Waals surface area contributed by atoms with Gasteiger partial charge < -0.3 is 0 Å². The molecule has 1 aliphatic rings. The first-order chi connectivity index (χ1) is 6.10. The molecule has 78 valence electrons. The summed E-state index contributed by atoms with van der Waals surface area (Å²) in [7, 11) is 0. The molecule has 3 N–H and O–H groups in total. The predicted octanol–water partition coefficient (Wildman–Crippen LogP) is 2.44. The van der Waals surface area contributed by atoms with E-state index in [-0.39, 0.29) is 0 Å². The van der Waals surface area contributed by atoms with Gasteiger partial charge >= 0.3 is 0 Å². The second-order valence-electron chi connectivity index (χ2n) is 5.09. The standard InChI is InChI=1S/C11H24N2/c1-4-11(2,3)10(13-12)8-9-6-5-7-9/h9-10,13H,4-8,12H2,1-3H3. The first kappa shape index (κ1) is 11.0. The summed E-state index contributed by atoms with van der Waals surface area (Å²) in [6, 6.07) is 0.489. The van der Waals surface area contributed by atoms with E-state index in [0.29, 0.717) is 11.5 Å². The summed E-state index contributed by atoms with van der Waals surface area (Å²) in [5.41, 5.74) is 3.33. The molecule has 0 spiro atoms. The number of nitrogens with two attached hydrogens (primary N) is 1. The molecule has 0 aromatic carbocycles. The van der Waals surface area contributed by atoms with Gasteiger partial charge in [0, 0.05) is 6.04 Å². The second kappa shape index (κ2) is 4.43. The molecule has 0 heterocycles. The first-order valence-corrected chi connectivity index (χ1v) is 5.56. The van der Waals surface area contributed by atoms with Crippen LogP contribution in [0.3, 0.4) is 0 Å². The fourth-order valence-electron chi connectivity index (χ4n) is 1.92. The van der Waals surface area contributed by atoms with Crippen LogP contribution in [0.1, 0.15) is 52.9 Å². The number of nitrogens with one attached hydrogen (secondary N) is 1. The molecule has 0 radical (unpaired) electrons. The molecular weight excluding hydrogens is 160 g/mol. The zero-order valence-corrected chi connectivity index (χ0v) is 9.27. The normalized spacial score (nSPS) is 21.2. The molecule has 13 heavy (non-hydrogen) atoms. The summed E-state index contributed by atoms with van der Waals surface area (Å²) in [6.07, 6.45) is 6.70. The zero-order chi connectivity index (χ0) is 9.90. The molecule has 0 aromatic rings. The van der Waals surface area contributed by atoms with E-state index in [4.69, 9.17) is 5.84 Å². The topological polar surface area (TPSA) is 38.0 Å². The van der Waals surface area contributed by atoms with Crippen molar-refractivity contribution >= 4 is 0 Å². The average molecular weight is 184 g/mol. The molecular formula is C11H24N2. The Hall–Kier alpha value is -0.0800. The summed E-state index contributed by atoms with van der Waals surface area (Å²) in [5.74, 6) is 6.55. The molecule has 1 aliphatic carbocycles. The molecule has 1 fully saturated rings. The Labute approximate surface area is 82.2 Å². The van der Waals surface area contributed by atoms with Gasteiger partial charge in [-0.1, -0.05) is 40.0 Å². The van der Waals surface area contributed by atoms with Gasteiger partial charge in [0.15, 0.2) is 0 Å². The van der Waals surface area contributed by atoms with Crippen molar-refractivity contribution in [3.8, 4) is 0 Å². The maximum atomic E-state index is 5.61. The third kappa shape index (κ3) is 2.68. The fourth-order valence-corrected chi connectivity index (χ4v) is 1.92. The highest BCUT2D eigenvalue weighted by atomic mass is 15.2. The van der Waals surface area contributed by atoms with Crippen LogP contribution in [-0.4, -0.2) is 6.04 Å². The molecule has 0 aliphatic heterocycles. The van der Waals surface area contributed by atoms with E-state index >= 15 is 0 Å². The van der Waals surface area contributed by atoms with Gasteiger partial charge in [0.05, 0.1) is 0 Å². The fraction of sp³-hybridized carbons (Fsp3) is 1.00. The van der Waals surface area contributed by atoms with Crippen LogP contribution >= 0.6 is 0 Å². The van der Waals surface area contributed by atoms with Crippen molar-refractivity contribution in [1.82, 2.24) is 5.43 Å². The average Bonchev–Trinajstić information content (AvgIpc) is 2.02. The Morgan fingerprint density at radius 3 is 2.38 bits per heavy atom. The highest BCUT2D eigenvalue weighted by molar-refractivity contribution is 4.85. The highest BCUT2D eigenvalue weighted by Gasteiger charge is 2.30. The lowest BCUT2D eigenvalue weighted by Gasteiger charge is -2.38. The maximum Gasteiger partial charge on any atom is 0.0264 e. The van der Waals surface area contributed by atoms with E-state index in [1.807, 2.05) is 0 Å². The van der Waals surface area contributed by atoms with Crippen LogP contribution < -0.4 is 11.3 Å². The Morgan fingerprint density at radius 1 is 1.46 bits per heavy atom. The lowest BCUT2D eigenvalue weighted by Crippen LogP contribution is -2.47. The largest absolute Gasteiger partial charge is 0.271 e. The Bertz CT molecular complexity index is 150. The van der Waals surface area contributed by atoms with Crippen molar-refractivity contribution in [2.45, 2.75) is 58.9 Å². The molecule has 1 atom stereocenters. The molecule has 1 saturated carbocycles. The molecule has 1 unspecified atom stereocenters. The predicted molar refractivity (Wildman–Crippen MR) is 57.1 cm³/mol. The van der Waals surface area contributed by atoms with Crippen LogP contribution in [0.5, 0.6) is 0 Å². The minimum absolute atomic E-state index is 0.338. The van der Waals surface area contributed by atoms with Gasteiger partial charge in [-0.15, -0.1) is 0 Å². The van der Waals surface area contributed by atoms with Gasteiger partial charge in [0.2, 0.25) is 0 Å². The first-order valence-electron chi connectivity index (χ1n) is 5.56. The van der Waals surface area contributed by atoms with Crippen molar-refractivity contribution in [3.05, 3.63) is 0 Å². The number of hydrogen-bond donors (Lipinski definition) is 2. The zero-order valence-electron chi connectivity index (χ0n) is 9.27. The molecule has 0 saturated heterocycles. The summed E-state index contributed by atoms with van der Waals surface area (Å²) in [5, 5.41) is 0. The monoisotopic (exact) mass is 184 g/mol. The lowest BCUT2D eigenvalue weighted by atomic mass is 9.73. The van der Waals surface area contributed by atoms with E-state index in [1.54, 1.807) is 0 Å². The van der Waals surface area contributed by atoms with Crippen LogP contribution in [-0.2, 0) is 0 Å². The van der Waals surface area contributed by atoms with Crippen molar-refractivity contribution in [2.24, 2.45) is 17.2 Å².